The smallest absolute Gasteiger partial charge is 0.297 e. The van der Waals surface area contributed by atoms with E-state index in [0.717, 1.165) is 5.56 Å². The van der Waals surface area contributed by atoms with Gasteiger partial charge in [0, 0.05) is 0 Å². The van der Waals surface area contributed by atoms with E-state index in [1.54, 1.807) is 24.3 Å². The predicted molar refractivity (Wildman–Crippen MR) is 62.1 cm³/mol. The molecule has 1 aromatic rings. The number of hydrogen-bond acceptors (Lipinski definition) is 5. The molecule has 17 heavy (non-hydrogen) atoms. The molecular formula is C11H15NO4S. The van der Waals surface area contributed by atoms with Crippen LogP contribution < -0.4 is 5.32 Å². The van der Waals surface area contributed by atoms with Gasteiger partial charge in [-0.1, -0.05) is 17.7 Å². The summed E-state index contributed by atoms with van der Waals surface area (Å²) in [7, 11) is -3.66. The maximum atomic E-state index is 11.8. The number of ether oxygens (including phenoxy) is 1. The first-order valence-electron chi connectivity index (χ1n) is 5.35. The average Bonchev–Trinajstić information content (AvgIpc) is 2.80. The standard InChI is InChI=1S/C11H15NO4S/c1-9-2-4-11(5-3-9)17(13,14)16-7-10-6-15-8-12-10/h2-5,10,12H,6-8H2,1H3. The Bertz CT molecular complexity index is 463. The molecule has 0 bridgehead atoms. The summed E-state index contributed by atoms with van der Waals surface area (Å²) in [6.07, 6.45) is 0. The third-order valence-electron chi connectivity index (χ3n) is 2.53. The van der Waals surface area contributed by atoms with Gasteiger partial charge in [0.2, 0.25) is 0 Å². The Kier molecular flexibility index (Phi) is 3.78. The molecule has 1 N–H and O–H groups in total. The van der Waals surface area contributed by atoms with Crippen molar-refractivity contribution in [1.29, 1.82) is 0 Å². The first kappa shape index (κ1) is 12.5. The highest BCUT2D eigenvalue weighted by Gasteiger charge is 2.20. The van der Waals surface area contributed by atoms with Gasteiger partial charge >= 0.3 is 0 Å². The summed E-state index contributed by atoms with van der Waals surface area (Å²) in [6.45, 7) is 2.91. The summed E-state index contributed by atoms with van der Waals surface area (Å²) in [5, 5.41) is 2.98. The molecule has 0 amide bonds. The number of hydrogen-bond donors (Lipinski definition) is 1. The molecule has 1 saturated heterocycles. The van der Waals surface area contributed by atoms with Crippen LogP contribution in [0.4, 0.5) is 0 Å². The summed E-state index contributed by atoms with van der Waals surface area (Å²) in [5.74, 6) is 0. The molecule has 2 rings (SSSR count). The van der Waals surface area contributed by atoms with Crippen LogP contribution in [0.5, 0.6) is 0 Å². The van der Waals surface area contributed by atoms with Crippen molar-refractivity contribution in [3.05, 3.63) is 29.8 Å². The van der Waals surface area contributed by atoms with Crippen molar-refractivity contribution in [3.8, 4) is 0 Å². The molecule has 1 heterocycles. The summed E-state index contributed by atoms with van der Waals surface area (Å²) in [4.78, 5) is 0.182. The summed E-state index contributed by atoms with van der Waals surface area (Å²) in [5.41, 5.74) is 1.01. The lowest BCUT2D eigenvalue weighted by molar-refractivity contribution is 0.182. The lowest BCUT2D eigenvalue weighted by Gasteiger charge is -2.09. The molecule has 1 aromatic carbocycles. The van der Waals surface area contributed by atoms with Crippen LogP contribution in [-0.2, 0) is 19.0 Å². The number of rotatable bonds is 4. The average molecular weight is 257 g/mol. The van der Waals surface area contributed by atoms with Crippen molar-refractivity contribution in [3.63, 3.8) is 0 Å². The molecule has 0 aromatic heterocycles. The van der Waals surface area contributed by atoms with Crippen LogP contribution in [0.1, 0.15) is 5.56 Å². The fourth-order valence-electron chi connectivity index (χ4n) is 1.49. The van der Waals surface area contributed by atoms with Gasteiger partial charge in [-0.05, 0) is 19.1 Å². The molecule has 1 atom stereocenters. The minimum Gasteiger partial charge on any atom is -0.365 e. The highest BCUT2D eigenvalue weighted by Crippen LogP contribution is 2.13. The van der Waals surface area contributed by atoms with Crippen molar-refractivity contribution in [2.45, 2.75) is 17.9 Å². The Balaban J connectivity index is 2.00. The van der Waals surface area contributed by atoms with Gasteiger partial charge in [-0.2, -0.15) is 8.42 Å². The molecule has 1 aliphatic heterocycles. The fraction of sp³-hybridized carbons (Fsp3) is 0.455. The van der Waals surface area contributed by atoms with Crippen LogP contribution in [-0.4, -0.2) is 34.4 Å². The van der Waals surface area contributed by atoms with Gasteiger partial charge in [0.25, 0.3) is 10.1 Å². The molecule has 1 aliphatic rings. The summed E-state index contributed by atoms with van der Waals surface area (Å²) in [6, 6.07) is 6.52. The molecule has 6 heteroatoms. The SMILES string of the molecule is Cc1ccc(S(=O)(=O)OCC2COCN2)cc1. The zero-order chi connectivity index (χ0) is 12.3. The van der Waals surface area contributed by atoms with E-state index in [0.29, 0.717) is 13.3 Å². The largest absolute Gasteiger partial charge is 0.365 e. The van der Waals surface area contributed by atoms with Crippen LogP contribution in [0, 0.1) is 6.92 Å². The molecule has 94 valence electrons. The van der Waals surface area contributed by atoms with Gasteiger partial charge in [-0.25, -0.2) is 0 Å². The molecule has 0 spiro atoms. The van der Waals surface area contributed by atoms with Crippen molar-refractivity contribution < 1.29 is 17.3 Å². The van der Waals surface area contributed by atoms with Gasteiger partial charge < -0.3 is 4.74 Å². The van der Waals surface area contributed by atoms with E-state index in [2.05, 4.69) is 5.32 Å². The van der Waals surface area contributed by atoms with E-state index in [9.17, 15) is 8.42 Å². The van der Waals surface area contributed by atoms with E-state index in [1.807, 2.05) is 6.92 Å². The van der Waals surface area contributed by atoms with Crippen LogP contribution >= 0.6 is 0 Å². The van der Waals surface area contributed by atoms with Crippen molar-refractivity contribution >= 4 is 10.1 Å². The Morgan fingerprint density at radius 3 is 2.71 bits per heavy atom. The first-order valence-corrected chi connectivity index (χ1v) is 6.76. The summed E-state index contributed by atoms with van der Waals surface area (Å²) < 4.78 is 33.6. The van der Waals surface area contributed by atoms with Crippen LogP contribution in [0.15, 0.2) is 29.2 Å². The number of nitrogens with one attached hydrogen (secondary N) is 1. The summed E-state index contributed by atoms with van der Waals surface area (Å²) >= 11 is 0. The van der Waals surface area contributed by atoms with Gasteiger partial charge in [0.1, 0.15) is 0 Å². The van der Waals surface area contributed by atoms with Crippen LogP contribution in [0.2, 0.25) is 0 Å². The number of aryl methyl sites for hydroxylation is 1. The van der Waals surface area contributed by atoms with Crippen molar-refractivity contribution in [2.75, 3.05) is 19.9 Å². The minimum absolute atomic E-state index is 0.0600. The fourth-order valence-corrected chi connectivity index (χ4v) is 2.44. The maximum Gasteiger partial charge on any atom is 0.297 e. The van der Waals surface area contributed by atoms with Gasteiger partial charge in [0.05, 0.1) is 30.9 Å². The van der Waals surface area contributed by atoms with E-state index < -0.39 is 10.1 Å². The molecule has 1 fully saturated rings. The molecule has 5 nitrogen and oxygen atoms in total. The highest BCUT2D eigenvalue weighted by atomic mass is 32.2. The third-order valence-corrected chi connectivity index (χ3v) is 3.82. The second-order valence-electron chi connectivity index (χ2n) is 3.97. The maximum absolute atomic E-state index is 11.8. The minimum atomic E-state index is -3.66. The van der Waals surface area contributed by atoms with Crippen LogP contribution in [0.3, 0.4) is 0 Å². The molecule has 1 unspecified atom stereocenters. The highest BCUT2D eigenvalue weighted by molar-refractivity contribution is 7.86. The third kappa shape index (κ3) is 3.26. The second kappa shape index (κ2) is 5.14. The van der Waals surface area contributed by atoms with E-state index in [4.69, 9.17) is 8.92 Å². The van der Waals surface area contributed by atoms with Crippen molar-refractivity contribution in [1.82, 2.24) is 5.32 Å². The second-order valence-corrected chi connectivity index (χ2v) is 5.58. The zero-order valence-corrected chi connectivity index (χ0v) is 10.4. The Hall–Kier alpha value is -0.950. The van der Waals surface area contributed by atoms with E-state index in [-0.39, 0.29) is 17.5 Å². The van der Waals surface area contributed by atoms with Gasteiger partial charge in [-0.15, -0.1) is 0 Å². The molecular weight excluding hydrogens is 242 g/mol. The quantitative estimate of drug-likeness (QED) is 0.802. The lowest BCUT2D eigenvalue weighted by Crippen LogP contribution is -2.30. The predicted octanol–water partition coefficient (Wildman–Crippen LogP) is 0.646. The van der Waals surface area contributed by atoms with Crippen molar-refractivity contribution in [2.24, 2.45) is 0 Å². The topological polar surface area (TPSA) is 64.6 Å². The van der Waals surface area contributed by atoms with Gasteiger partial charge in [0.15, 0.2) is 0 Å². The normalized spacial score (nSPS) is 20.6. The first-order chi connectivity index (χ1) is 8.08. The van der Waals surface area contributed by atoms with E-state index in [1.165, 1.54) is 0 Å². The van der Waals surface area contributed by atoms with Crippen LogP contribution in [0.25, 0.3) is 0 Å². The monoisotopic (exact) mass is 257 g/mol. The number of benzene rings is 1. The Morgan fingerprint density at radius 1 is 1.41 bits per heavy atom. The Labute approximate surface area is 101 Å². The van der Waals surface area contributed by atoms with E-state index >= 15 is 0 Å². The van der Waals surface area contributed by atoms with Gasteiger partial charge in [-0.3, -0.25) is 9.50 Å². The molecule has 0 saturated carbocycles. The molecule has 0 aliphatic carbocycles. The lowest BCUT2D eigenvalue weighted by atomic mass is 10.2. The zero-order valence-electron chi connectivity index (χ0n) is 9.55. The Morgan fingerprint density at radius 2 is 2.12 bits per heavy atom. The molecule has 0 radical (unpaired) electrons.